The van der Waals surface area contributed by atoms with Crippen molar-refractivity contribution in [2.75, 3.05) is 5.75 Å². The summed E-state index contributed by atoms with van der Waals surface area (Å²) < 4.78 is 11.1. The molecule has 45 heavy (non-hydrogen) atoms. The summed E-state index contributed by atoms with van der Waals surface area (Å²) in [5.41, 5.74) is 0.368. The van der Waals surface area contributed by atoms with Crippen LogP contribution in [0.4, 0.5) is 4.79 Å². The number of terminal acetylenes is 1. The molecule has 1 fully saturated rings. The van der Waals surface area contributed by atoms with Gasteiger partial charge >= 0.3 is 12.1 Å². The molecule has 0 saturated heterocycles. The van der Waals surface area contributed by atoms with Gasteiger partial charge < -0.3 is 25.0 Å². The van der Waals surface area contributed by atoms with Crippen LogP contribution in [0, 0.1) is 12.3 Å². The summed E-state index contributed by atoms with van der Waals surface area (Å²) in [7, 11) is 0. The van der Waals surface area contributed by atoms with Crippen molar-refractivity contribution in [1.29, 1.82) is 0 Å². The van der Waals surface area contributed by atoms with Crippen LogP contribution in [0.15, 0.2) is 54.6 Å². The second-order valence-corrected chi connectivity index (χ2v) is 13.5. The van der Waals surface area contributed by atoms with E-state index in [0.717, 1.165) is 12.0 Å². The predicted molar refractivity (Wildman–Crippen MR) is 177 cm³/mol. The SMILES string of the molecule is C#Cc1ccc(C(C(=O)NC(Cc2ccccc2)C(=O)OC(C)(C)C)N(C(=O)C(CS)NC(=O)OC(C)(C)C)C2CCC2)cc1. The van der Waals surface area contributed by atoms with E-state index in [-0.39, 0.29) is 18.2 Å². The van der Waals surface area contributed by atoms with Crippen molar-refractivity contribution in [2.45, 2.75) is 103 Å². The molecule has 0 aromatic heterocycles. The first-order valence-electron chi connectivity index (χ1n) is 15.2. The van der Waals surface area contributed by atoms with Crippen LogP contribution in [0.1, 0.15) is 83.5 Å². The number of amides is 3. The van der Waals surface area contributed by atoms with Gasteiger partial charge in [-0.05, 0) is 84.1 Å². The highest BCUT2D eigenvalue weighted by atomic mass is 32.1. The lowest BCUT2D eigenvalue weighted by Crippen LogP contribution is -2.59. The number of nitrogens with one attached hydrogen (secondary N) is 2. The van der Waals surface area contributed by atoms with Gasteiger partial charge in [-0.3, -0.25) is 9.59 Å². The Balaban J connectivity index is 2.04. The molecule has 2 aromatic rings. The van der Waals surface area contributed by atoms with E-state index in [1.54, 1.807) is 65.8 Å². The van der Waals surface area contributed by atoms with Gasteiger partial charge in [-0.1, -0.05) is 48.4 Å². The lowest BCUT2D eigenvalue weighted by atomic mass is 9.88. The van der Waals surface area contributed by atoms with Crippen molar-refractivity contribution in [1.82, 2.24) is 15.5 Å². The van der Waals surface area contributed by atoms with Crippen LogP contribution in [0.25, 0.3) is 0 Å². The molecule has 0 spiro atoms. The van der Waals surface area contributed by atoms with Crippen LogP contribution >= 0.6 is 12.6 Å². The molecule has 0 heterocycles. The van der Waals surface area contributed by atoms with Gasteiger partial charge in [-0.2, -0.15) is 12.6 Å². The van der Waals surface area contributed by atoms with Gasteiger partial charge in [0.25, 0.3) is 0 Å². The Kier molecular flexibility index (Phi) is 12.1. The molecular weight excluding hydrogens is 590 g/mol. The average Bonchev–Trinajstić information content (AvgIpc) is 2.93. The minimum absolute atomic E-state index is 0.0276. The predicted octanol–water partition coefficient (Wildman–Crippen LogP) is 4.98. The Bertz CT molecular complexity index is 1370. The molecule has 3 amide bonds. The number of nitrogens with zero attached hydrogens (tertiary/aromatic N) is 1. The fourth-order valence-corrected chi connectivity index (χ4v) is 5.11. The highest BCUT2D eigenvalue weighted by Gasteiger charge is 2.43. The van der Waals surface area contributed by atoms with Crippen LogP contribution in [0.2, 0.25) is 0 Å². The largest absolute Gasteiger partial charge is 0.458 e. The van der Waals surface area contributed by atoms with Crippen LogP contribution in [-0.2, 0) is 30.3 Å². The Labute approximate surface area is 272 Å². The monoisotopic (exact) mass is 635 g/mol. The second-order valence-electron chi connectivity index (χ2n) is 13.2. The fourth-order valence-electron chi connectivity index (χ4n) is 4.86. The summed E-state index contributed by atoms with van der Waals surface area (Å²) in [4.78, 5) is 56.3. The van der Waals surface area contributed by atoms with Gasteiger partial charge in [0.05, 0.1) is 0 Å². The van der Waals surface area contributed by atoms with Crippen molar-refractivity contribution >= 4 is 36.5 Å². The summed E-state index contributed by atoms with van der Waals surface area (Å²) in [5, 5.41) is 5.53. The molecule has 3 rings (SSSR count). The molecule has 1 saturated carbocycles. The van der Waals surface area contributed by atoms with E-state index in [4.69, 9.17) is 15.9 Å². The maximum atomic E-state index is 14.4. The maximum absolute atomic E-state index is 14.4. The summed E-state index contributed by atoms with van der Waals surface area (Å²) in [6.45, 7) is 10.4. The minimum Gasteiger partial charge on any atom is -0.458 e. The van der Waals surface area contributed by atoms with E-state index < -0.39 is 53.2 Å². The lowest BCUT2D eigenvalue weighted by Gasteiger charge is -2.43. The van der Waals surface area contributed by atoms with E-state index in [9.17, 15) is 19.2 Å². The van der Waals surface area contributed by atoms with Gasteiger partial charge in [0.1, 0.15) is 29.3 Å². The van der Waals surface area contributed by atoms with E-state index in [1.807, 2.05) is 30.3 Å². The van der Waals surface area contributed by atoms with Gasteiger partial charge in [-0.15, -0.1) is 6.42 Å². The van der Waals surface area contributed by atoms with E-state index in [0.29, 0.717) is 24.0 Å². The third-order valence-corrected chi connectivity index (χ3v) is 7.47. The third-order valence-electron chi connectivity index (χ3n) is 7.10. The topological polar surface area (TPSA) is 114 Å². The van der Waals surface area contributed by atoms with Crippen LogP contribution in [0.5, 0.6) is 0 Å². The highest BCUT2D eigenvalue weighted by molar-refractivity contribution is 7.80. The molecule has 242 valence electrons. The number of thiol groups is 1. The van der Waals surface area contributed by atoms with Gasteiger partial charge in [0.2, 0.25) is 11.8 Å². The summed E-state index contributed by atoms with van der Waals surface area (Å²) >= 11 is 4.36. The molecule has 1 aliphatic rings. The summed E-state index contributed by atoms with van der Waals surface area (Å²) in [5.74, 6) is 0.895. The number of alkyl carbamates (subject to hydrolysis) is 1. The zero-order valence-corrected chi connectivity index (χ0v) is 27.9. The van der Waals surface area contributed by atoms with E-state index in [1.165, 1.54) is 4.90 Å². The number of hydrogen-bond acceptors (Lipinski definition) is 7. The molecule has 2 N–H and O–H groups in total. The fraction of sp³-hybridized carbons (Fsp3) is 0.486. The zero-order chi connectivity index (χ0) is 33.4. The number of rotatable bonds is 11. The Morgan fingerprint density at radius 1 is 0.911 bits per heavy atom. The maximum Gasteiger partial charge on any atom is 0.408 e. The number of hydrogen-bond donors (Lipinski definition) is 3. The number of carbonyl (C=O) groups is 4. The van der Waals surface area contributed by atoms with Gasteiger partial charge in [-0.25, -0.2) is 9.59 Å². The molecule has 3 unspecified atom stereocenters. The molecular formula is C35H45N3O6S. The molecule has 2 aromatic carbocycles. The smallest absolute Gasteiger partial charge is 0.408 e. The summed E-state index contributed by atoms with van der Waals surface area (Å²) in [6.07, 6.45) is 7.21. The van der Waals surface area contributed by atoms with Crippen molar-refractivity contribution in [2.24, 2.45) is 0 Å². The van der Waals surface area contributed by atoms with E-state index >= 15 is 0 Å². The van der Waals surface area contributed by atoms with Crippen LogP contribution in [-0.4, -0.2) is 63.9 Å². The van der Waals surface area contributed by atoms with Crippen LogP contribution < -0.4 is 10.6 Å². The Morgan fingerprint density at radius 2 is 1.51 bits per heavy atom. The van der Waals surface area contributed by atoms with Crippen molar-refractivity contribution in [3.05, 3.63) is 71.3 Å². The zero-order valence-electron chi connectivity index (χ0n) is 27.0. The number of ether oxygens (including phenoxy) is 2. The number of benzene rings is 2. The van der Waals surface area contributed by atoms with Gasteiger partial charge in [0.15, 0.2) is 0 Å². The normalized spacial score (nSPS) is 15.3. The average molecular weight is 636 g/mol. The Morgan fingerprint density at radius 3 is 2.00 bits per heavy atom. The molecule has 10 heteroatoms. The number of esters is 1. The van der Waals surface area contributed by atoms with Gasteiger partial charge in [0, 0.05) is 23.8 Å². The van der Waals surface area contributed by atoms with Crippen molar-refractivity contribution < 1.29 is 28.7 Å². The molecule has 0 bridgehead atoms. The quantitative estimate of drug-likeness (QED) is 0.182. The molecule has 1 aliphatic carbocycles. The third kappa shape index (κ3) is 10.6. The lowest BCUT2D eigenvalue weighted by molar-refractivity contribution is -0.159. The summed E-state index contributed by atoms with van der Waals surface area (Å²) in [6, 6.07) is 12.6. The van der Waals surface area contributed by atoms with E-state index in [2.05, 4.69) is 29.2 Å². The Hall–Kier alpha value is -3.97. The standard InChI is InChI=1S/C35H45N3O6S/c1-8-23-17-19-25(20-18-23)29(30(39)36-27(32(41)43-34(2,3)4)21-24-13-10-9-11-14-24)38(26-15-12-16-26)31(40)28(22-45)37-33(42)44-35(5,6)7/h1,9-11,13-14,17-20,26-29,45H,12,15-16,21-22H2,2-7H3,(H,36,39)(H,37,42). The first kappa shape index (κ1) is 35.5. The van der Waals surface area contributed by atoms with Crippen LogP contribution in [0.3, 0.4) is 0 Å². The number of carbonyl (C=O) groups excluding carboxylic acids is 4. The first-order valence-corrected chi connectivity index (χ1v) is 15.8. The second kappa shape index (κ2) is 15.3. The molecule has 9 nitrogen and oxygen atoms in total. The van der Waals surface area contributed by atoms with Crippen molar-refractivity contribution in [3.63, 3.8) is 0 Å². The van der Waals surface area contributed by atoms with Crippen molar-refractivity contribution in [3.8, 4) is 12.3 Å². The molecule has 0 radical (unpaired) electrons. The molecule has 0 aliphatic heterocycles. The molecule has 3 atom stereocenters. The minimum atomic E-state index is -1.14. The first-order chi connectivity index (χ1) is 21.1. The highest BCUT2D eigenvalue weighted by Crippen LogP contribution is 2.34.